The summed E-state index contributed by atoms with van der Waals surface area (Å²) in [7, 11) is 0. The van der Waals surface area contributed by atoms with Crippen molar-refractivity contribution in [1.29, 1.82) is 0 Å². The number of ether oxygens (including phenoxy) is 1. The van der Waals surface area contributed by atoms with Crippen LogP contribution >= 0.6 is 0 Å². The Bertz CT molecular complexity index is 134. The molecule has 0 spiro atoms. The van der Waals surface area contributed by atoms with Crippen LogP contribution in [0.3, 0.4) is 0 Å². The van der Waals surface area contributed by atoms with E-state index in [1.54, 1.807) is 0 Å². The second kappa shape index (κ2) is 7.08. The van der Waals surface area contributed by atoms with Crippen molar-refractivity contribution in [2.75, 3.05) is 19.8 Å². The van der Waals surface area contributed by atoms with Crippen molar-refractivity contribution in [3.63, 3.8) is 0 Å². The molecule has 2 N–H and O–H groups in total. The van der Waals surface area contributed by atoms with Crippen molar-refractivity contribution in [3.05, 3.63) is 12.3 Å². The van der Waals surface area contributed by atoms with E-state index >= 15 is 0 Å². The lowest BCUT2D eigenvalue weighted by Gasteiger charge is -1.99. The Kier molecular flexibility index (Phi) is 6.42. The molecule has 0 radical (unpaired) electrons. The van der Waals surface area contributed by atoms with Gasteiger partial charge in [-0.3, -0.25) is 0 Å². The molecule has 0 aromatic heterocycles. The smallest absolute Gasteiger partial charge is 0.329 e. The molecule has 64 valence electrons. The maximum atomic E-state index is 9.93. The molecule has 0 aliphatic carbocycles. The number of aliphatic carboxylic acids is 1. The lowest BCUT2D eigenvalue weighted by atomic mass is 10.6. The summed E-state index contributed by atoms with van der Waals surface area (Å²) in [6.45, 7) is 3.83. The summed E-state index contributed by atoms with van der Waals surface area (Å²) in [5.74, 6) is -0.950. The highest BCUT2D eigenvalue weighted by Gasteiger charge is 1.84. The molecule has 4 heteroatoms. The van der Waals surface area contributed by atoms with E-state index in [1.807, 2.05) is 6.92 Å². The van der Waals surface area contributed by atoms with E-state index in [-0.39, 0.29) is 0 Å². The minimum atomic E-state index is -0.950. The van der Waals surface area contributed by atoms with Crippen molar-refractivity contribution in [1.82, 2.24) is 5.32 Å². The summed E-state index contributed by atoms with van der Waals surface area (Å²) in [6, 6.07) is 0. The SMILES string of the molecule is CCOCCN/C=C/C(=O)O. The monoisotopic (exact) mass is 159 g/mol. The first-order valence-corrected chi connectivity index (χ1v) is 3.48. The standard InChI is InChI=1S/C7H13NO3/c1-2-11-6-5-8-4-3-7(9)10/h3-4,8H,2,5-6H2,1H3,(H,9,10)/b4-3+. The van der Waals surface area contributed by atoms with Gasteiger partial charge in [-0.2, -0.15) is 0 Å². The van der Waals surface area contributed by atoms with Gasteiger partial charge in [0.15, 0.2) is 0 Å². The fourth-order valence-corrected chi connectivity index (χ4v) is 0.489. The molecule has 0 saturated carbocycles. The van der Waals surface area contributed by atoms with Crippen molar-refractivity contribution in [3.8, 4) is 0 Å². The first kappa shape index (κ1) is 9.97. The highest BCUT2D eigenvalue weighted by molar-refractivity contribution is 5.79. The number of hydrogen-bond acceptors (Lipinski definition) is 3. The second-order valence-electron chi connectivity index (χ2n) is 1.82. The van der Waals surface area contributed by atoms with Crippen LogP contribution in [-0.4, -0.2) is 30.8 Å². The van der Waals surface area contributed by atoms with Gasteiger partial charge in [0.25, 0.3) is 0 Å². The normalized spacial score (nSPS) is 10.3. The average Bonchev–Trinajstić information content (AvgIpc) is 1.96. The zero-order valence-electron chi connectivity index (χ0n) is 6.54. The molecule has 0 bridgehead atoms. The van der Waals surface area contributed by atoms with Gasteiger partial charge in [-0.25, -0.2) is 4.79 Å². The van der Waals surface area contributed by atoms with Crippen LogP contribution in [0.4, 0.5) is 0 Å². The summed E-state index contributed by atoms with van der Waals surface area (Å²) in [5.41, 5.74) is 0. The van der Waals surface area contributed by atoms with Crippen LogP contribution < -0.4 is 5.32 Å². The van der Waals surface area contributed by atoms with Crippen molar-refractivity contribution in [2.24, 2.45) is 0 Å². The molecule has 0 saturated heterocycles. The Balaban J connectivity index is 3.07. The molecule has 0 atom stereocenters. The first-order valence-electron chi connectivity index (χ1n) is 3.48. The fourth-order valence-electron chi connectivity index (χ4n) is 0.489. The second-order valence-corrected chi connectivity index (χ2v) is 1.82. The van der Waals surface area contributed by atoms with E-state index in [2.05, 4.69) is 5.32 Å². The molecule has 4 nitrogen and oxygen atoms in total. The highest BCUT2D eigenvalue weighted by atomic mass is 16.5. The maximum absolute atomic E-state index is 9.93. The molecule has 0 unspecified atom stereocenters. The summed E-state index contributed by atoms with van der Waals surface area (Å²) >= 11 is 0. The number of carbonyl (C=O) groups is 1. The molecule has 0 heterocycles. The van der Waals surface area contributed by atoms with Gasteiger partial charge in [0.1, 0.15) is 0 Å². The van der Waals surface area contributed by atoms with E-state index in [0.717, 1.165) is 6.08 Å². The quantitative estimate of drug-likeness (QED) is 0.429. The van der Waals surface area contributed by atoms with E-state index in [9.17, 15) is 4.79 Å². The predicted molar refractivity (Wildman–Crippen MR) is 41.3 cm³/mol. The van der Waals surface area contributed by atoms with E-state index in [4.69, 9.17) is 9.84 Å². The minimum absolute atomic E-state index is 0.598. The molecule has 0 aromatic rings. The summed E-state index contributed by atoms with van der Waals surface area (Å²) in [6.07, 6.45) is 2.44. The molecule has 0 aliphatic heterocycles. The highest BCUT2D eigenvalue weighted by Crippen LogP contribution is 1.71. The van der Waals surface area contributed by atoms with Gasteiger partial charge in [-0.05, 0) is 6.92 Å². The number of nitrogens with one attached hydrogen (secondary N) is 1. The van der Waals surface area contributed by atoms with Crippen LogP contribution in [0.2, 0.25) is 0 Å². The van der Waals surface area contributed by atoms with Gasteiger partial charge in [-0.15, -0.1) is 0 Å². The number of rotatable bonds is 6. The van der Waals surface area contributed by atoms with Crippen LogP contribution in [0.25, 0.3) is 0 Å². The largest absolute Gasteiger partial charge is 0.478 e. The van der Waals surface area contributed by atoms with E-state index < -0.39 is 5.97 Å². The van der Waals surface area contributed by atoms with E-state index in [1.165, 1.54) is 6.20 Å². The zero-order chi connectivity index (χ0) is 8.53. The Hall–Kier alpha value is -1.03. The lowest BCUT2D eigenvalue weighted by Crippen LogP contribution is -2.13. The van der Waals surface area contributed by atoms with Crippen LogP contribution in [0.5, 0.6) is 0 Å². The number of carboxylic acids is 1. The third-order valence-electron chi connectivity index (χ3n) is 0.939. The molecule has 0 rings (SSSR count). The summed E-state index contributed by atoms with van der Waals surface area (Å²) in [5, 5.41) is 10.9. The lowest BCUT2D eigenvalue weighted by molar-refractivity contribution is -0.131. The van der Waals surface area contributed by atoms with Gasteiger partial charge in [-0.1, -0.05) is 0 Å². The average molecular weight is 159 g/mol. The molecular weight excluding hydrogens is 146 g/mol. The Labute approximate surface area is 65.9 Å². The van der Waals surface area contributed by atoms with Crippen LogP contribution in [0.1, 0.15) is 6.92 Å². The van der Waals surface area contributed by atoms with Gasteiger partial charge >= 0.3 is 5.97 Å². The molecule has 0 aromatic carbocycles. The number of hydrogen-bond donors (Lipinski definition) is 2. The maximum Gasteiger partial charge on any atom is 0.329 e. The zero-order valence-corrected chi connectivity index (χ0v) is 6.54. The Morgan fingerprint density at radius 3 is 3.00 bits per heavy atom. The Morgan fingerprint density at radius 1 is 1.73 bits per heavy atom. The van der Waals surface area contributed by atoms with Gasteiger partial charge in [0.2, 0.25) is 0 Å². The molecule has 0 aliphatic rings. The topological polar surface area (TPSA) is 58.6 Å². The first-order chi connectivity index (χ1) is 5.27. The van der Waals surface area contributed by atoms with Crippen molar-refractivity contribution in [2.45, 2.75) is 6.92 Å². The molecular formula is C7H13NO3. The molecule has 11 heavy (non-hydrogen) atoms. The third-order valence-corrected chi connectivity index (χ3v) is 0.939. The van der Waals surface area contributed by atoms with Gasteiger partial charge in [0.05, 0.1) is 6.61 Å². The fraction of sp³-hybridized carbons (Fsp3) is 0.571. The Morgan fingerprint density at radius 2 is 2.45 bits per heavy atom. The third kappa shape index (κ3) is 8.97. The summed E-state index contributed by atoms with van der Waals surface area (Å²) < 4.78 is 5.00. The van der Waals surface area contributed by atoms with Crippen LogP contribution in [0, 0.1) is 0 Å². The van der Waals surface area contributed by atoms with Crippen molar-refractivity contribution >= 4 is 5.97 Å². The van der Waals surface area contributed by atoms with Gasteiger partial charge in [0, 0.05) is 25.4 Å². The van der Waals surface area contributed by atoms with Crippen molar-refractivity contribution < 1.29 is 14.6 Å². The van der Waals surface area contributed by atoms with Crippen LogP contribution in [-0.2, 0) is 9.53 Å². The van der Waals surface area contributed by atoms with E-state index in [0.29, 0.717) is 19.8 Å². The molecule has 0 fully saturated rings. The predicted octanol–water partition coefficient (Wildman–Crippen LogP) is 0.211. The summed E-state index contributed by atoms with van der Waals surface area (Å²) in [4.78, 5) is 9.93. The van der Waals surface area contributed by atoms with Gasteiger partial charge < -0.3 is 15.2 Å². The van der Waals surface area contributed by atoms with Crippen LogP contribution in [0.15, 0.2) is 12.3 Å². The minimum Gasteiger partial charge on any atom is -0.478 e. The molecule has 0 amide bonds. The number of carboxylic acid groups (broad SMARTS) is 1.